The first kappa shape index (κ1) is 28.4. The lowest BCUT2D eigenvalue weighted by molar-refractivity contribution is -0.139. The Morgan fingerprint density at radius 1 is 0.971 bits per heavy atom. The van der Waals surface area contributed by atoms with Crippen molar-refractivity contribution in [3.8, 4) is 0 Å². The van der Waals surface area contributed by atoms with Gasteiger partial charge in [0.15, 0.2) is 0 Å². The first-order chi connectivity index (χ1) is 16.5. The normalized spacial score (nSPS) is 13.1. The molecule has 35 heavy (non-hydrogen) atoms. The summed E-state index contributed by atoms with van der Waals surface area (Å²) < 4.78 is 26.5. The summed E-state index contributed by atoms with van der Waals surface area (Å²) in [6, 6.07) is 14.3. The first-order valence-corrected chi connectivity index (χ1v) is 14.0. The summed E-state index contributed by atoms with van der Waals surface area (Å²) in [7, 11) is -3.73. The van der Waals surface area contributed by atoms with E-state index in [0.717, 1.165) is 33.7 Å². The van der Waals surface area contributed by atoms with Crippen molar-refractivity contribution in [1.82, 2.24) is 10.2 Å². The number of benzene rings is 2. The molecule has 0 aliphatic rings. The van der Waals surface area contributed by atoms with Crippen LogP contribution in [0, 0.1) is 13.8 Å². The monoisotopic (exact) mass is 501 g/mol. The minimum atomic E-state index is -3.73. The third kappa shape index (κ3) is 8.09. The van der Waals surface area contributed by atoms with E-state index in [9.17, 15) is 18.0 Å². The van der Waals surface area contributed by atoms with E-state index in [2.05, 4.69) is 5.32 Å². The van der Waals surface area contributed by atoms with Crippen LogP contribution in [-0.4, -0.2) is 56.6 Å². The van der Waals surface area contributed by atoms with Gasteiger partial charge in [0.2, 0.25) is 21.8 Å². The fraction of sp³-hybridized carbons (Fsp3) is 0.481. The van der Waals surface area contributed by atoms with Crippen LogP contribution >= 0.6 is 0 Å². The van der Waals surface area contributed by atoms with Crippen molar-refractivity contribution in [3.05, 3.63) is 65.2 Å². The molecule has 0 aliphatic heterocycles. The summed E-state index contributed by atoms with van der Waals surface area (Å²) in [5.74, 6) is -0.629. The second-order valence-corrected chi connectivity index (χ2v) is 11.0. The molecule has 0 saturated carbocycles. The third-order valence-electron chi connectivity index (χ3n) is 6.33. The molecule has 0 heterocycles. The van der Waals surface area contributed by atoms with E-state index in [1.54, 1.807) is 12.1 Å². The van der Waals surface area contributed by atoms with Gasteiger partial charge in [0.1, 0.15) is 12.6 Å². The molecule has 0 unspecified atom stereocenters. The molecule has 2 amide bonds. The molecule has 0 saturated heterocycles. The second-order valence-electron chi connectivity index (χ2n) is 9.10. The van der Waals surface area contributed by atoms with Crippen LogP contribution in [-0.2, 0) is 26.0 Å². The number of rotatable bonds is 12. The van der Waals surface area contributed by atoms with Crippen LogP contribution in [0.2, 0.25) is 0 Å². The van der Waals surface area contributed by atoms with Crippen LogP contribution in [0.15, 0.2) is 48.5 Å². The summed E-state index contributed by atoms with van der Waals surface area (Å²) in [6.45, 7) is 9.55. The van der Waals surface area contributed by atoms with Gasteiger partial charge in [0.25, 0.3) is 0 Å². The van der Waals surface area contributed by atoms with Crippen LogP contribution < -0.4 is 9.62 Å². The SMILES string of the molecule is CC[C@H](C)NC(=O)[C@H](CC)N(CCc1ccccc1)C(=O)CN(c1ccc(C)c(C)c1)S(C)(=O)=O. The molecule has 0 aromatic heterocycles. The number of sulfonamides is 1. The lowest BCUT2D eigenvalue weighted by Gasteiger charge is -2.33. The van der Waals surface area contributed by atoms with Gasteiger partial charge in [-0.3, -0.25) is 13.9 Å². The van der Waals surface area contributed by atoms with Crippen molar-refractivity contribution in [2.24, 2.45) is 0 Å². The van der Waals surface area contributed by atoms with E-state index in [0.29, 0.717) is 25.1 Å². The topological polar surface area (TPSA) is 86.8 Å². The summed E-state index contributed by atoms with van der Waals surface area (Å²) in [4.78, 5) is 28.3. The summed E-state index contributed by atoms with van der Waals surface area (Å²) in [6.07, 6.45) is 2.85. The number of carbonyl (C=O) groups excluding carboxylic acids is 2. The van der Waals surface area contributed by atoms with Gasteiger partial charge >= 0.3 is 0 Å². The molecular weight excluding hydrogens is 462 g/mol. The average Bonchev–Trinajstić information content (AvgIpc) is 2.81. The van der Waals surface area contributed by atoms with Gasteiger partial charge in [-0.1, -0.05) is 50.2 Å². The lowest BCUT2D eigenvalue weighted by atomic mass is 10.1. The minimum absolute atomic E-state index is 0.0225. The number of hydrogen-bond donors (Lipinski definition) is 1. The van der Waals surface area contributed by atoms with Gasteiger partial charge in [-0.2, -0.15) is 0 Å². The van der Waals surface area contributed by atoms with Crippen molar-refractivity contribution in [2.75, 3.05) is 23.7 Å². The summed E-state index contributed by atoms with van der Waals surface area (Å²) in [5, 5.41) is 2.98. The molecular formula is C27H39N3O4S. The number of anilines is 1. The predicted octanol–water partition coefficient (Wildman–Crippen LogP) is 3.83. The Bertz CT molecular complexity index is 1100. The van der Waals surface area contributed by atoms with E-state index in [1.165, 1.54) is 4.90 Å². The van der Waals surface area contributed by atoms with Crippen molar-refractivity contribution < 1.29 is 18.0 Å². The Balaban J connectivity index is 2.38. The molecule has 192 valence electrons. The van der Waals surface area contributed by atoms with Gasteiger partial charge in [-0.05, 0) is 68.9 Å². The predicted molar refractivity (Wildman–Crippen MR) is 142 cm³/mol. The van der Waals surface area contributed by atoms with Crippen LogP contribution in [0.3, 0.4) is 0 Å². The zero-order chi connectivity index (χ0) is 26.2. The van der Waals surface area contributed by atoms with Crippen LogP contribution in [0.5, 0.6) is 0 Å². The van der Waals surface area contributed by atoms with Gasteiger partial charge in [-0.15, -0.1) is 0 Å². The Morgan fingerprint density at radius 2 is 1.63 bits per heavy atom. The molecule has 0 radical (unpaired) electrons. The Kier molecular flexibility index (Phi) is 10.3. The Labute approximate surface area is 210 Å². The number of aryl methyl sites for hydroxylation is 2. The zero-order valence-electron chi connectivity index (χ0n) is 21.7. The fourth-order valence-corrected chi connectivity index (χ4v) is 4.67. The quantitative estimate of drug-likeness (QED) is 0.479. The molecule has 0 spiro atoms. The van der Waals surface area contributed by atoms with E-state index in [-0.39, 0.29) is 18.5 Å². The smallest absolute Gasteiger partial charge is 0.244 e. The second kappa shape index (κ2) is 12.7. The highest BCUT2D eigenvalue weighted by atomic mass is 32.2. The number of nitrogens with one attached hydrogen (secondary N) is 1. The molecule has 2 rings (SSSR count). The van der Waals surface area contributed by atoms with E-state index >= 15 is 0 Å². The van der Waals surface area contributed by atoms with Gasteiger partial charge in [-0.25, -0.2) is 8.42 Å². The van der Waals surface area contributed by atoms with Crippen molar-refractivity contribution in [2.45, 2.75) is 66.0 Å². The highest BCUT2D eigenvalue weighted by Gasteiger charge is 2.31. The van der Waals surface area contributed by atoms with Gasteiger partial charge < -0.3 is 10.2 Å². The maximum atomic E-state index is 13.6. The molecule has 2 aromatic carbocycles. The zero-order valence-corrected chi connectivity index (χ0v) is 22.6. The third-order valence-corrected chi connectivity index (χ3v) is 7.47. The highest BCUT2D eigenvalue weighted by Crippen LogP contribution is 2.22. The van der Waals surface area contributed by atoms with Crippen molar-refractivity contribution in [1.29, 1.82) is 0 Å². The minimum Gasteiger partial charge on any atom is -0.352 e. The Morgan fingerprint density at radius 3 is 2.17 bits per heavy atom. The number of carbonyl (C=O) groups is 2. The molecule has 8 heteroatoms. The standard InChI is InChI=1S/C27H39N3O4S/c1-7-22(5)28-27(32)25(8-2)29(17-16-23-12-10-9-11-13-23)26(31)19-30(35(6,33)34)24-15-14-20(3)21(4)18-24/h9-15,18,22,25H,7-8,16-17,19H2,1-6H3,(H,28,32)/t22-,25-/m0/s1. The number of amides is 2. The summed E-state index contributed by atoms with van der Waals surface area (Å²) >= 11 is 0. The number of hydrogen-bond acceptors (Lipinski definition) is 4. The van der Waals surface area contributed by atoms with Gasteiger partial charge in [0.05, 0.1) is 11.9 Å². The molecule has 0 aliphatic carbocycles. The van der Waals surface area contributed by atoms with Crippen LogP contribution in [0.4, 0.5) is 5.69 Å². The molecule has 7 nitrogen and oxygen atoms in total. The van der Waals surface area contributed by atoms with E-state index in [1.807, 2.05) is 71.0 Å². The molecule has 2 atom stereocenters. The molecule has 1 N–H and O–H groups in total. The fourth-order valence-electron chi connectivity index (χ4n) is 3.83. The maximum absolute atomic E-state index is 13.6. The highest BCUT2D eigenvalue weighted by molar-refractivity contribution is 7.92. The molecule has 2 aromatic rings. The first-order valence-electron chi connectivity index (χ1n) is 12.2. The van der Waals surface area contributed by atoms with E-state index < -0.39 is 22.0 Å². The van der Waals surface area contributed by atoms with Crippen LogP contribution in [0.25, 0.3) is 0 Å². The molecule has 0 bridgehead atoms. The Hall–Kier alpha value is -2.87. The largest absolute Gasteiger partial charge is 0.352 e. The number of nitrogens with zero attached hydrogens (tertiary/aromatic N) is 2. The maximum Gasteiger partial charge on any atom is 0.244 e. The summed E-state index contributed by atoms with van der Waals surface area (Å²) in [5.41, 5.74) is 3.44. The van der Waals surface area contributed by atoms with Crippen molar-refractivity contribution >= 4 is 27.5 Å². The lowest BCUT2D eigenvalue weighted by Crippen LogP contribution is -2.54. The van der Waals surface area contributed by atoms with Crippen molar-refractivity contribution in [3.63, 3.8) is 0 Å². The van der Waals surface area contributed by atoms with Gasteiger partial charge in [0, 0.05) is 12.6 Å². The molecule has 0 fully saturated rings. The van der Waals surface area contributed by atoms with Crippen LogP contribution in [0.1, 0.15) is 50.3 Å². The average molecular weight is 502 g/mol. The van der Waals surface area contributed by atoms with E-state index in [4.69, 9.17) is 0 Å².